The van der Waals surface area contributed by atoms with Gasteiger partial charge < -0.3 is 10.2 Å². The summed E-state index contributed by atoms with van der Waals surface area (Å²) in [5, 5.41) is 2.89. The number of alkyl halides is 3. The smallest absolute Gasteiger partial charge is 0.340 e. The lowest BCUT2D eigenvalue weighted by atomic mass is 10.0. The van der Waals surface area contributed by atoms with E-state index < -0.39 is 18.5 Å². The molecule has 1 aromatic carbocycles. The number of anilines is 1. The Balaban J connectivity index is 1.82. The van der Waals surface area contributed by atoms with E-state index in [9.17, 15) is 22.8 Å². The Morgan fingerprint density at radius 2 is 1.73 bits per heavy atom. The van der Waals surface area contributed by atoms with E-state index in [0.717, 1.165) is 11.3 Å². The van der Waals surface area contributed by atoms with Gasteiger partial charge in [0.25, 0.3) is 0 Å². The van der Waals surface area contributed by atoms with Gasteiger partial charge in [-0.3, -0.25) is 14.5 Å². The summed E-state index contributed by atoms with van der Waals surface area (Å²) in [7, 11) is 0. The highest BCUT2D eigenvalue weighted by molar-refractivity contribution is 5.93. The second kappa shape index (κ2) is 8.53. The number of halogens is 3. The average Bonchev–Trinajstić information content (AvgIpc) is 2.54. The van der Waals surface area contributed by atoms with Crippen LogP contribution in [0.3, 0.4) is 0 Å². The fourth-order valence-corrected chi connectivity index (χ4v) is 2.95. The van der Waals surface area contributed by atoms with Gasteiger partial charge in [-0.05, 0) is 17.5 Å². The van der Waals surface area contributed by atoms with Crippen LogP contribution >= 0.6 is 0 Å². The van der Waals surface area contributed by atoms with Gasteiger partial charge in [0.2, 0.25) is 11.8 Å². The monoisotopic (exact) mass is 371 g/mol. The molecular formula is C18H24F3N3O2. The summed E-state index contributed by atoms with van der Waals surface area (Å²) >= 11 is 0. The molecule has 1 aliphatic rings. The Morgan fingerprint density at radius 1 is 1.12 bits per heavy atom. The number of carbonyl (C=O) groups excluding carboxylic acids is 2. The summed E-state index contributed by atoms with van der Waals surface area (Å²) < 4.78 is 36.9. The van der Waals surface area contributed by atoms with Crippen molar-refractivity contribution in [2.75, 3.05) is 38.0 Å². The van der Waals surface area contributed by atoms with Crippen molar-refractivity contribution < 1.29 is 22.8 Å². The van der Waals surface area contributed by atoms with Gasteiger partial charge in [0.15, 0.2) is 0 Å². The number of carbonyl (C=O) groups is 2. The number of amides is 2. The van der Waals surface area contributed by atoms with Crippen LogP contribution in [-0.2, 0) is 9.59 Å². The summed E-state index contributed by atoms with van der Waals surface area (Å²) in [6.45, 7) is 5.39. The van der Waals surface area contributed by atoms with Crippen molar-refractivity contribution in [1.29, 1.82) is 0 Å². The predicted octanol–water partition coefficient (Wildman–Crippen LogP) is 2.85. The Labute approximate surface area is 151 Å². The number of hydrogen-bond donors (Lipinski definition) is 1. The summed E-state index contributed by atoms with van der Waals surface area (Å²) in [6, 6.07) is 7.58. The molecule has 8 heteroatoms. The third-order valence-electron chi connectivity index (χ3n) is 4.30. The quantitative estimate of drug-likeness (QED) is 0.866. The molecule has 0 aromatic heterocycles. The highest BCUT2D eigenvalue weighted by Crippen LogP contribution is 2.24. The number of nitrogens with one attached hydrogen (secondary N) is 1. The summed E-state index contributed by atoms with van der Waals surface area (Å²) in [5.74, 6) is -0.810. The van der Waals surface area contributed by atoms with Crippen molar-refractivity contribution in [3.63, 3.8) is 0 Å². The zero-order chi connectivity index (χ0) is 19.3. The largest absolute Gasteiger partial charge is 0.397 e. The third kappa shape index (κ3) is 6.01. The summed E-state index contributed by atoms with van der Waals surface area (Å²) in [5.41, 5.74) is 1.81. The van der Waals surface area contributed by atoms with E-state index in [1.807, 2.05) is 43.0 Å². The molecule has 1 N–H and O–H groups in total. The fourth-order valence-electron chi connectivity index (χ4n) is 2.95. The van der Waals surface area contributed by atoms with E-state index in [0.29, 0.717) is 13.1 Å². The molecule has 1 aliphatic heterocycles. The van der Waals surface area contributed by atoms with Gasteiger partial charge >= 0.3 is 6.18 Å². The molecule has 2 rings (SSSR count). The third-order valence-corrected chi connectivity index (χ3v) is 4.30. The molecule has 0 unspecified atom stereocenters. The Hall–Kier alpha value is -2.09. The van der Waals surface area contributed by atoms with E-state index >= 15 is 0 Å². The molecule has 0 saturated carbocycles. The highest BCUT2D eigenvalue weighted by Gasteiger charge is 2.34. The molecule has 26 heavy (non-hydrogen) atoms. The fraction of sp³-hybridized carbons (Fsp3) is 0.556. The van der Waals surface area contributed by atoms with Crippen LogP contribution in [0, 0.1) is 0 Å². The summed E-state index contributed by atoms with van der Waals surface area (Å²) in [4.78, 5) is 26.9. The molecular weight excluding hydrogens is 347 g/mol. The van der Waals surface area contributed by atoms with Crippen molar-refractivity contribution in [3.05, 3.63) is 29.8 Å². The lowest BCUT2D eigenvalue weighted by Gasteiger charge is -2.34. The first-order valence-corrected chi connectivity index (χ1v) is 8.61. The van der Waals surface area contributed by atoms with Gasteiger partial charge in [-0.2, -0.15) is 13.2 Å². The van der Waals surface area contributed by atoms with Crippen molar-refractivity contribution in [2.24, 2.45) is 0 Å². The maximum atomic E-state index is 12.3. The van der Waals surface area contributed by atoms with Crippen LogP contribution < -0.4 is 5.32 Å². The second-order valence-electron chi connectivity index (χ2n) is 6.74. The molecule has 1 heterocycles. The van der Waals surface area contributed by atoms with E-state index in [2.05, 4.69) is 5.32 Å². The van der Waals surface area contributed by atoms with Gasteiger partial charge in [0.1, 0.15) is 6.42 Å². The number of benzene rings is 1. The predicted molar refractivity (Wildman–Crippen MR) is 92.9 cm³/mol. The maximum Gasteiger partial charge on any atom is 0.397 e. The number of hydrogen-bond acceptors (Lipinski definition) is 3. The van der Waals surface area contributed by atoms with Gasteiger partial charge in [-0.25, -0.2) is 0 Å². The molecule has 0 aliphatic carbocycles. The van der Waals surface area contributed by atoms with Gasteiger partial charge in [0.05, 0.1) is 6.54 Å². The zero-order valence-corrected chi connectivity index (χ0v) is 15.0. The van der Waals surface area contributed by atoms with Crippen LogP contribution in [0.1, 0.15) is 31.7 Å². The number of para-hydroxylation sites is 1. The average molecular weight is 371 g/mol. The minimum Gasteiger partial charge on any atom is -0.340 e. The minimum atomic E-state index is -4.49. The van der Waals surface area contributed by atoms with Crippen molar-refractivity contribution in [3.8, 4) is 0 Å². The van der Waals surface area contributed by atoms with Crippen molar-refractivity contribution >= 4 is 17.5 Å². The lowest BCUT2D eigenvalue weighted by molar-refractivity contribution is -0.162. The van der Waals surface area contributed by atoms with Gasteiger partial charge in [-0.15, -0.1) is 0 Å². The van der Waals surface area contributed by atoms with Crippen LogP contribution in [0.4, 0.5) is 18.9 Å². The first-order valence-electron chi connectivity index (χ1n) is 8.61. The van der Waals surface area contributed by atoms with E-state index in [-0.39, 0.29) is 31.5 Å². The molecule has 5 nitrogen and oxygen atoms in total. The van der Waals surface area contributed by atoms with Gasteiger partial charge in [-0.1, -0.05) is 32.0 Å². The Morgan fingerprint density at radius 3 is 2.31 bits per heavy atom. The molecule has 1 saturated heterocycles. The number of nitrogens with zero attached hydrogens (tertiary/aromatic N) is 2. The highest BCUT2D eigenvalue weighted by atomic mass is 19.4. The standard InChI is InChI=1S/C18H24F3N3O2/c1-13(2)14-5-3-4-6-15(14)22-16(25)12-23-7-9-24(10-8-23)17(26)11-18(19,20)21/h3-6,13H,7-12H2,1-2H3,(H,22,25). The maximum absolute atomic E-state index is 12.3. The van der Waals surface area contributed by atoms with Gasteiger partial charge in [0, 0.05) is 31.9 Å². The SMILES string of the molecule is CC(C)c1ccccc1NC(=O)CN1CCN(C(=O)CC(F)(F)F)CC1. The number of piperazine rings is 1. The summed E-state index contributed by atoms with van der Waals surface area (Å²) in [6.07, 6.45) is -5.92. The van der Waals surface area contributed by atoms with Crippen LogP contribution in [0.5, 0.6) is 0 Å². The molecule has 1 aromatic rings. The van der Waals surface area contributed by atoms with Crippen LogP contribution in [0.25, 0.3) is 0 Å². The van der Waals surface area contributed by atoms with E-state index in [4.69, 9.17) is 0 Å². The van der Waals surface area contributed by atoms with Crippen LogP contribution in [0.2, 0.25) is 0 Å². The first kappa shape index (κ1) is 20.2. The molecule has 0 spiro atoms. The first-order chi connectivity index (χ1) is 12.2. The molecule has 144 valence electrons. The van der Waals surface area contributed by atoms with Crippen molar-refractivity contribution in [2.45, 2.75) is 32.4 Å². The van der Waals surface area contributed by atoms with Crippen LogP contribution in [0.15, 0.2) is 24.3 Å². The van der Waals surface area contributed by atoms with Crippen molar-refractivity contribution in [1.82, 2.24) is 9.80 Å². The Bertz CT molecular complexity index is 639. The van der Waals surface area contributed by atoms with E-state index in [1.54, 1.807) is 0 Å². The molecule has 2 amide bonds. The van der Waals surface area contributed by atoms with Crippen LogP contribution in [-0.4, -0.2) is 60.5 Å². The minimum absolute atomic E-state index is 0.147. The molecule has 0 atom stereocenters. The molecule has 0 bridgehead atoms. The Kier molecular flexibility index (Phi) is 6.63. The normalized spacial score (nSPS) is 16.0. The topological polar surface area (TPSA) is 52.7 Å². The molecule has 1 fully saturated rings. The lowest BCUT2D eigenvalue weighted by Crippen LogP contribution is -2.51. The zero-order valence-electron chi connectivity index (χ0n) is 15.0. The number of rotatable bonds is 5. The van der Waals surface area contributed by atoms with E-state index in [1.165, 1.54) is 4.90 Å². The second-order valence-corrected chi connectivity index (χ2v) is 6.74. The molecule has 0 radical (unpaired) electrons.